The molecule has 0 unspecified atom stereocenters. The standard InChI is InChI=1S/C20H24N2O4SSi/c1-20(2,3)28(18-10-6-4-7-11-18,19-12-8-5-9-13-19)26-15-17-14-21-16-22(17)27(23,24)25/h4-14,16H,15H2,1-3H3,(H,23,24,25). The van der Waals surface area contributed by atoms with Crippen LogP contribution < -0.4 is 10.4 Å². The minimum Gasteiger partial charge on any atom is -0.401 e. The van der Waals surface area contributed by atoms with Gasteiger partial charge < -0.3 is 4.43 Å². The van der Waals surface area contributed by atoms with Crippen molar-refractivity contribution >= 4 is 29.0 Å². The summed E-state index contributed by atoms with van der Waals surface area (Å²) in [6, 6.07) is 20.1. The van der Waals surface area contributed by atoms with Gasteiger partial charge in [0, 0.05) is 0 Å². The van der Waals surface area contributed by atoms with Crippen LogP contribution in [0, 0.1) is 0 Å². The quantitative estimate of drug-likeness (QED) is 0.493. The average molecular weight is 417 g/mol. The fourth-order valence-corrected chi connectivity index (χ4v) is 8.65. The monoisotopic (exact) mass is 416 g/mol. The van der Waals surface area contributed by atoms with Crippen LogP contribution in [-0.2, 0) is 21.3 Å². The highest BCUT2D eigenvalue weighted by molar-refractivity contribution is 7.84. The normalized spacial score (nSPS) is 12.9. The first-order chi connectivity index (χ1) is 13.2. The van der Waals surface area contributed by atoms with Crippen LogP contribution in [0.25, 0.3) is 0 Å². The molecule has 8 heteroatoms. The Kier molecular flexibility index (Phi) is 5.58. The van der Waals surface area contributed by atoms with Crippen LogP contribution in [0.5, 0.6) is 0 Å². The highest BCUT2D eigenvalue weighted by Crippen LogP contribution is 2.37. The van der Waals surface area contributed by atoms with Crippen molar-refractivity contribution in [1.29, 1.82) is 0 Å². The maximum absolute atomic E-state index is 11.6. The molecule has 3 rings (SSSR count). The third-order valence-electron chi connectivity index (χ3n) is 4.78. The minimum absolute atomic E-state index is 0.00701. The summed E-state index contributed by atoms with van der Waals surface area (Å²) >= 11 is 0. The van der Waals surface area contributed by atoms with E-state index >= 15 is 0 Å². The van der Waals surface area contributed by atoms with Crippen molar-refractivity contribution in [3.8, 4) is 0 Å². The van der Waals surface area contributed by atoms with Crippen molar-refractivity contribution in [3.63, 3.8) is 0 Å². The number of hydrogen-bond donors (Lipinski definition) is 1. The molecule has 0 aliphatic carbocycles. The molecule has 0 saturated carbocycles. The van der Waals surface area contributed by atoms with Gasteiger partial charge in [-0.25, -0.2) is 8.96 Å². The topological polar surface area (TPSA) is 81.4 Å². The van der Waals surface area contributed by atoms with Gasteiger partial charge in [0.1, 0.15) is 6.33 Å². The average Bonchev–Trinajstić information content (AvgIpc) is 3.12. The highest BCUT2D eigenvalue weighted by Gasteiger charge is 2.50. The van der Waals surface area contributed by atoms with E-state index in [0.29, 0.717) is 0 Å². The van der Waals surface area contributed by atoms with E-state index in [1.807, 2.05) is 36.4 Å². The molecule has 3 aromatic rings. The zero-order valence-corrected chi connectivity index (χ0v) is 17.9. The molecule has 0 radical (unpaired) electrons. The Bertz CT molecular complexity index is 989. The van der Waals surface area contributed by atoms with E-state index in [0.717, 1.165) is 20.7 Å². The van der Waals surface area contributed by atoms with E-state index in [2.05, 4.69) is 50.0 Å². The molecule has 0 spiro atoms. The molecular weight excluding hydrogens is 392 g/mol. The predicted octanol–water partition coefficient (Wildman–Crippen LogP) is 2.61. The second-order valence-corrected chi connectivity index (χ2v) is 13.2. The van der Waals surface area contributed by atoms with Crippen molar-refractivity contribution in [1.82, 2.24) is 8.96 Å². The molecule has 1 N–H and O–H groups in total. The van der Waals surface area contributed by atoms with Crippen molar-refractivity contribution in [2.24, 2.45) is 0 Å². The van der Waals surface area contributed by atoms with Gasteiger partial charge in [-0.3, -0.25) is 4.55 Å². The summed E-state index contributed by atoms with van der Waals surface area (Å²) in [5, 5.41) is 1.94. The van der Waals surface area contributed by atoms with Crippen molar-refractivity contribution in [2.45, 2.75) is 32.4 Å². The molecule has 0 fully saturated rings. The number of rotatable bonds is 6. The molecule has 0 saturated heterocycles. The number of benzene rings is 2. The molecule has 1 aromatic heterocycles. The van der Waals surface area contributed by atoms with E-state index in [4.69, 9.17) is 4.43 Å². The Hall–Kier alpha value is -2.26. The van der Waals surface area contributed by atoms with E-state index < -0.39 is 18.6 Å². The lowest BCUT2D eigenvalue weighted by atomic mass is 10.2. The zero-order valence-electron chi connectivity index (χ0n) is 16.1. The molecule has 0 bridgehead atoms. The van der Waals surface area contributed by atoms with Crippen LogP contribution in [0.4, 0.5) is 0 Å². The Morgan fingerprint density at radius 1 is 1.00 bits per heavy atom. The summed E-state index contributed by atoms with van der Waals surface area (Å²) in [6.45, 7) is 6.42. The van der Waals surface area contributed by atoms with E-state index in [-0.39, 0.29) is 17.3 Å². The molecule has 0 aliphatic rings. The van der Waals surface area contributed by atoms with Crippen LogP contribution in [0.1, 0.15) is 26.5 Å². The minimum atomic E-state index is -4.43. The molecule has 6 nitrogen and oxygen atoms in total. The van der Waals surface area contributed by atoms with Gasteiger partial charge in [-0.05, 0) is 15.4 Å². The van der Waals surface area contributed by atoms with Gasteiger partial charge in [-0.2, -0.15) is 8.42 Å². The van der Waals surface area contributed by atoms with Crippen LogP contribution in [0.3, 0.4) is 0 Å². The fraction of sp³-hybridized carbons (Fsp3) is 0.250. The smallest absolute Gasteiger partial charge is 0.364 e. The third kappa shape index (κ3) is 3.81. The first-order valence-electron chi connectivity index (χ1n) is 8.90. The lowest BCUT2D eigenvalue weighted by molar-refractivity contribution is 0.280. The summed E-state index contributed by atoms with van der Waals surface area (Å²) in [7, 11) is -7.24. The largest absolute Gasteiger partial charge is 0.401 e. The number of nitrogens with zero attached hydrogens (tertiary/aromatic N) is 2. The Balaban J connectivity index is 2.14. The highest BCUT2D eigenvalue weighted by atomic mass is 32.2. The number of hydrogen-bond acceptors (Lipinski definition) is 4. The molecular formula is C20H24N2O4SSi. The lowest BCUT2D eigenvalue weighted by Crippen LogP contribution is -2.66. The SMILES string of the molecule is CC(C)(C)[Si](OCc1cncn1S(=O)(=O)O)(c1ccccc1)c1ccccc1. The van der Waals surface area contributed by atoms with Gasteiger partial charge in [0.05, 0.1) is 18.5 Å². The van der Waals surface area contributed by atoms with E-state index in [1.54, 1.807) is 0 Å². The van der Waals surface area contributed by atoms with Crippen LogP contribution in [0.15, 0.2) is 73.2 Å². The lowest BCUT2D eigenvalue weighted by Gasteiger charge is -2.43. The first-order valence-corrected chi connectivity index (χ1v) is 12.2. The van der Waals surface area contributed by atoms with Crippen LogP contribution in [0.2, 0.25) is 5.04 Å². The maximum atomic E-state index is 11.6. The van der Waals surface area contributed by atoms with Crippen molar-refractivity contribution in [3.05, 3.63) is 78.9 Å². The van der Waals surface area contributed by atoms with Gasteiger partial charge >= 0.3 is 10.3 Å². The van der Waals surface area contributed by atoms with Crippen molar-refractivity contribution < 1.29 is 17.4 Å². The first kappa shape index (κ1) is 20.5. The number of aromatic nitrogens is 2. The summed E-state index contributed by atoms with van der Waals surface area (Å²) < 4.78 is 40.0. The molecule has 28 heavy (non-hydrogen) atoms. The van der Waals surface area contributed by atoms with Crippen molar-refractivity contribution in [2.75, 3.05) is 0 Å². The molecule has 1 heterocycles. The fourth-order valence-electron chi connectivity index (χ4n) is 3.56. The second-order valence-electron chi connectivity index (χ2n) is 7.61. The Morgan fingerprint density at radius 3 is 1.93 bits per heavy atom. The summed E-state index contributed by atoms with van der Waals surface area (Å²) in [5.41, 5.74) is 0.274. The third-order valence-corrected chi connectivity index (χ3v) is 10.6. The van der Waals surface area contributed by atoms with E-state index in [1.165, 1.54) is 6.20 Å². The van der Waals surface area contributed by atoms with Gasteiger partial charge in [-0.15, -0.1) is 0 Å². The number of imidazole rings is 1. The van der Waals surface area contributed by atoms with Crippen LogP contribution in [-0.4, -0.2) is 30.2 Å². The Morgan fingerprint density at radius 2 is 1.50 bits per heavy atom. The molecule has 2 aromatic carbocycles. The van der Waals surface area contributed by atoms with Gasteiger partial charge in [0.2, 0.25) is 0 Å². The molecule has 0 aliphatic heterocycles. The zero-order chi connectivity index (χ0) is 20.4. The summed E-state index contributed by atoms with van der Waals surface area (Å²) in [6.07, 6.45) is 2.46. The maximum Gasteiger partial charge on any atom is 0.364 e. The predicted molar refractivity (Wildman–Crippen MR) is 112 cm³/mol. The summed E-state index contributed by atoms with van der Waals surface area (Å²) in [5.74, 6) is 0. The van der Waals surface area contributed by atoms with E-state index in [9.17, 15) is 13.0 Å². The molecule has 0 amide bonds. The summed E-state index contributed by atoms with van der Waals surface area (Å²) in [4.78, 5) is 3.86. The van der Waals surface area contributed by atoms with Gasteiger partial charge in [0.25, 0.3) is 8.32 Å². The molecule has 0 atom stereocenters. The van der Waals surface area contributed by atoms with Gasteiger partial charge in [0.15, 0.2) is 0 Å². The Labute approximate surface area is 166 Å². The van der Waals surface area contributed by atoms with Crippen LogP contribution >= 0.6 is 0 Å². The molecule has 148 valence electrons. The van der Waals surface area contributed by atoms with Gasteiger partial charge in [-0.1, -0.05) is 81.4 Å². The second kappa shape index (κ2) is 7.63.